The molecule has 0 radical (unpaired) electrons. The molecule has 0 heterocycles. The summed E-state index contributed by atoms with van der Waals surface area (Å²) in [5.74, 6) is -0.574. The number of aliphatic hydroxyl groups is 2. The van der Waals surface area contributed by atoms with Gasteiger partial charge in [-0.2, -0.15) is 0 Å². The van der Waals surface area contributed by atoms with Gasteiger partial charge < -0.3 is 20.3 Å². The number of hydrogen-bond donors (Lipinski definition) is 3. The third-order valence-corrected chi connectivity index (χ3v) is 11.6. The first-order chi connectivity index (χ1) is 31.5. The van der Waals surface area contributed by atoms with Gasteiger partial charge in [0.2, 0.25) is 5.91 Å². The second-order valence-electron chi connectivity index (χ2n) is 17.7. The first-order valence-corrected chi connectivity index (χ1v) is 26.6. The normalized spacial score (nSPS) is 14.0. The van der Waals surface area contributed by atoms with E-state index in [1.807, 2.05) is 48.6 Å². The Labute approximate surface area is 395 Å². The van der Waals surface area contributed by atoms with Crippen LogP contribution in [0.3, 0.4) is 0 Å². The Hall–Kier alpha value is -3.22. The quantitative estimate of drug-likeness (QED) is 0.0321. The first-order valence-electron chi connectivity index (χ1n) is 26.6. The number of hydrogen-bond acceptors (Lipinski definition) is 5. The molecule has 3 atom stereocenters. The molecule has 0 bridgehead atoms. The third-order valence-electron chi connectivity index (χ3n) is 11.6. The number of ether oxygens (including phenoxy) is 1. The maximum Gasteiger partial charge on any atom is 0.306 e. The van der Waals surface area contributed by atoms with E-state index in [2.05, 4.69) is 74.7 Å². The molecule has 366 valence electrons. The number of aliphatic hydroxyl groups excluding tert-OH is 2. The molecule has 0 saturated heterocycles. The van der Waals surface area contributed by atoms with Crippen LogP contribution in [0.1, 0.15) is 233 Å². The average molecular weight is 890 g/mol. The van der Waals surface area contributed by atoms with Gasteiger partial charge in [-0.05, 0) is 64.2 Å². The highest BCUT2D eigenvalue weighted by molar-refractivity contribution is 5.77. The Morgan fingerprint density at radius 1 is 0.469 bits per heavy atom. The first kappa shape index (κ1) is 60.8. The van der Waals surface area contributed by atoms with E-state index in [0.29, 0.717) is 19.3 Å². The minimum Gasteiger partial charge on any atom is -0.462 e. The van der Waals surface area contributed by atoms with Crippen molar-refractivity contribution in [2.45, 2.75) is 251 Å². The average Bonchev–Trinajstić information content (AvgIpc) is 3.29. The van der Waals surface area contributed by atoms with Gasteiger partial charge in [-0.1, -0.05) is 253 Å². The molecule has 0 aliphatic heterocycles. The molecule has 3 N–H and O–H groups in total. The largest absolute Gasteiger partial charge is 0.462 e. The van der Waals surface area contributed by atoms with Crippen molar-refractivity contribution in [1.82, 2.24) is 5.32 Å². The predicted octanol–water partition coefficient (Wildman–Crippen LogP) is 16.1. The molecular weight excluding hydrogens is 791 g/mol. The summed E-state index contributed by atoms with van der Waals surface area (Å²) in [6.45, 7) is 6.30. The van der Waals surface area contributed by atoms with E-state index in [-0.39, 0.29) is 24.9 Å². The molecule has 0 spiro atoms. The number of allylic oxidation sites excluding steroid dienone is 16. The zero-order valence-corrected chi connectivity index (χ0v) is 41.6. The number of esters is 1. The molecule has 6 nitrogen and oxygen atoms in total. The van der Waals surface area contributed by atoms with Gasteiger partial charge in [0.25, 0.3) is 0 Å². The van der Waals surface area contributed by atoms with Gasteiger partial charge in [0.15, 0.2) is 0 Å². The number of amides is 1. The maximum atomic E-state index is 13.2. The molecular formula is C58H99NO5. The molecule has 0 fully saturated rings. The Balaban J connectivity index is 4.70. The van der Waals surface area contributed by atoms with Crippen molar-refractivity contribution in [2.75, 3.05) is 6.61 Å². The van der Waals surface area contributed by atoms with E-state index in [9.17, 15) is 19.8 Å². The van der Waals surface area contributed by atoms with Crippen LogP contribution in [-0.2, 0) is 14.3 Å². The lowest BCUT2D eigenvalue weighted by atomic mass is 10.0. The fourth-order valence-corrected chi connectivity index (χ4v) is 7.58. The molecule has 6 heteroatoms. The molecule has 0 saturated carbocycles. The van der Waals surface area contributed by atoms with Crippen molar-refractivity contribution in [3.63, 3.8) is 0 Å². The number of nitrogens with one attached hydrogen (secondary N) is 1. The molecule has 1 amide bonds. The minimum absolute atomic E-state index is 0.0152. The van der Waals surface area contributed by atoms with Crippen LogP contribution in [0.15, 0.2) is 97.2 Å². The molecule has 64 heavy (non-hydrogen) atoms. The van der Waals surface area contributed by atoms with Crippen LogP contribution < -0.4 is 5.32 Å². The summed E-state index contributed by atoms with van der Waals surface area (Å²) < 4.78 is 5.89. The van der Waals surface area contributed by atoms with Crippen LogP contribution in [0, 0.1) is 0 Å². The van der Waals surface area contributed by atoms with Crippen LogP contribution in [0.2, 0.25) is 0 Å². The van der Waals surface area contributed by atoms with Gasteiger partial charge in [0.1, 0.15) is 6.10 Å². The second-order valence-corrected chi connectivity index (χ2v) is 17.7. The topological polar surface area (TPSA) is 95.9 Å². The summed E-state index contributed by atoms with van der Waals surface area (Å²) in [6, 6.07) is -0.735. The summed E-state index contributed by atoms with van der Waals surface area (Å²) in [5.41, 5.74) is 0. The summed E-state index contributed by atoms with van der Waals surface area (Å²) in [7, 11) is 0. The van der Waals surface area contributed by atoms with Crippen LogP contribution >= 0.6 is 0 Å². The van der Waals surface area contributed by atoms with Gasteiger partial charge in [0.05, 0.1) is 25.2 Å². The highest BCUT2D eigenvalue weighted by Gasteiger charge is 2.24. The molecule has 0 aliphatic rings. The highest BCUT2D eigenvalue weighted by atomic mass is 16.5. The smallest absolute Gasteiger partial charge is 0.306 e. The number of unbranched alkanes of at least 4 members (excludes halogenated alkanes) is 24. The molecule has 0 aliphatic carbocycles. The fraction of sp³-hybridized carbons (Fsp3) is 0.690. The maximum absolute atomic E-state index is 13.2. The van der Waals surface area contributed by atoms with Gasteiger partial charge in [-0.3, -0.25) is 9.59 Å². The van der Waals surface area contributed by atoms with E-state index in [1.54, 1.807) is 0 Å². The van der Waals surface area contributed by atoms with E-state index in [0.717, 1.165) is 83.5 Å². The van der Waals surface area contributed by atoms with Crippen LogP contribution in [0.25, 0.3) is 0 Å². The number of carbonyl (C=O) groups is 2. The van der Waals surface area contributed by atoms with Crippen molar-refractivity contribution in [3.05, 3.63) is 97.2 Å². The zero-order valence-electron chi connectivity index (χ0n) is 41.6. The lowest BCUT2D eigenvalue weighted by molar-refractivity contribution is -0.151. The Bertz CT molecular complexity index is 1270. The summed E-state index contributed by atoms with van der Waals surface area (Å²) in [4.78, 5) is 26.2. The number of carbonyl (C=O) groups excluding carboxylic acids is 2. The Morgan fingerprint density at radius 3 is 1.31 bits per heavy atom. The predicted molar refractivity (Wildman–Crippen MR) is 277 cm³/mol. The van der Waals surface area contributed by atoms with E-state index in [4.69, 9.17) is 4.74 Å². The molecule has 3 unspecified atom stereocenters. The standard InChI is InChI=1S/C58H99NO5/c1-4-7-10-13-16-19-22-25-27-28-29-30-33-36-39-42-45-48-51-58(63)64-54(49-46-43-40-37-34-31-24-21-18-15-12-9-6-3)52-57(62)59-55(53-60)56(61)50-47-44-41-38-35-32-26-23-20-17-14-11-8-5-2/h9,12,15,18,21-22,24-25,27-31,34,37,40,54-56,60-61H,4-8,10-11,13-14,16-17,19-20,23,26,32-33,35-36,38-39,41-53H2,1-3H3,(H,59,62)/b12-9+,18-15+,24-21-,25-22+,28-27+,30-29+,34-31-,40-37+. The van der Waals surface area contributed by atoms with Gasteiger partial charge in [0, 0.05) is 6.42 Å². The third kappa shape index (κ3) is 45.4. The van der Waals surface area contributed by atoms with Crippen LogP contribution in [-0.4, -0.2) is 46.9 Å². The minimum atomic E-state index is -0.816. The fourth-order valence-electron chi connectivity index (χ4n) is 7.58. The van der Waals surface area contributed by atoms with Crippen molar-refractivity contribution in [1.29, 1.82) is 0 Å². The summed E-state index contributed by atoms with van der Waals surface area (Å²) in [5, 5.41) is 23.8. The van der Waals surface area contributed by atoms with Crippen molar-refractivity contribution in [2.24, 2.45) is 0 Å². The molecule has 0 rings (SSSR count). The van der Waals surface area contributed by atoms with Crippen molar-refractivity contribution < 1.29 is 24.5 Å². The van der Waals surface area contributed by atoms with Gasteiger partial charge in [-0.15, -0.1) is 0 Å². The SMILES string of the molecule is CC/C=C/C=C/C=C\C=C/C=C/CCCC(CC(=O)NC(CO)C(O)CCCCCCCCCCCCCCCC)OC(=O)CCCCCCC/C=C/C=C/C=C/CCCCCCC. The molecule has 0 aromatic rings. The van der Waals surface area contributed by atoms with Crippen LogP contribution in [0.5, 0.6) is 0 Å². The van der Waals surface area contributed by atoms with E-state index < -0.39 is 18.2 Å². The Morgan fingerprint density at radius 2 is 0.859 bits per heavy atom. The zero-order chi connectivity index (χ0) is 46.7. The van der Waals surface area contributed by atoms with Gasteiger partial charge >= 0.3 is 5.97 Å². The van der Waals surface area contributed by atoms with Crippen molar-refractivity contribution >= 4 is 11.9 Å². The van der Waals surface area contributed by atoms with E-state index >= 15 is 0 Å². The lowest BCUT2D eigenvalue weighted by Crippen LogP contribution is -2.46. The summed E-state index contributed by atoms with van der Waals surface area (Å²) in [6.07, 6.45) is 67.5. The lowest BCUT2D eigenvalue weighted by Gasteiger charge is -2.24. The molecule has 0 aromatic carbocycles. The van der Waals surface area contributed by atoms with Crippen LogP contribution in [0.4, 0.5) is 0 Å². The Kier molecular flexibility index (Phi) is 48.2. The molecule has 0 aromatic heterocycles. The highest BCUT2D eigenvalue weighted by Crippen LogP contribution is 2.17. The second kappa shape index (κ2) is 50.8. The monoisotopic (exact) mass is 890 g/mol. The summed E-state index contributed by atoms with van der Waals surface area (Å²) >= 11 is 0. The van der Waals surface area contributed by atoms with E-state index in [1.165, 1.54) is 103 Å². The van der Waals surface area contributed by atoms with Gasteiger partial charge in [-0.25, -0.2) is 0 Å². The number of rotatable bonds is 46. The van der Waals surface area contributed by atoms with Crippen molar-refractivity contribution in [3.8, 4) is 0 Å².